The summed E-state index contributed by atoms with van der Waals surface area (Å²) in [6, 6.07) is 11.9. The maximum Gasteiger partial charge on any atom is 0.160 e. The summed E-state index contributed by atoms with van der Waals surface area (Å²) in [6.45, 7) is 6.32. The highest BCUT2D eigenvalue weighted by Crippen LogP contribution is 2.34. The molecule has 0 spiro atoms. The van der Waals surface area contributed by atoms with Crippen molar-refractivity contribution in [2.24, 2.45) is 0 Å². The third-order valence-electron chi connectivity index (χ3n) is 3.20. The van der Waals surface area contributed by atoms with Crippen LogP contribution in [0.3, 0.4) is 0 Å². The molecule has 0 bridgehead atoms. The van der Waals surface area contributed by atoms with Gasteiger partial charge in [0.05, 0.1) is 15.9 Å². The van der Waals surface area contributed by atoms with Crippen molar-refractivity contribution < 1.29 is 0 Å². The lowest BCUT2D eigenvalue weighted by Crippen LogP contribution is -2.23. The van der Waals surface area contributed by atoms with Crippen molar-refractivity contribution in [3.8, 4) is 11.3 Å². The van der Waals surface area contributed by atoms with Crippen LogP contribution in [-0.4, -0.2) is 14.8 Å². The molecule has 4 heteroatoms. The Morgan fingerprint density at radius 2 is 1.75 bits per heavy atom. The Labute approximate surface area is 123 Å². The smallest absolute Gasteiger partial charge is 0.160 e. The van der Waals surface area contributed by atoms with Gasteiger partial charge in [0.15, 0.2) is 5.65 Å². The monoisotopic (exact) mass is 285 g/mol. The van der Waals surface area contributed by atoms with Crippen molar-refractivity contribution in [3.63, 3.8) is 0 Å². The zero-order chi connectivity index (χ0) is 14.3. The fraction of sp³-hybridized carbons (Fsp3) is 0.250. The van der Waals surface area contributed by atoms with Crippen molar-refractivity contribution >= 4 is 22.6 Å². The van der Waals surface area contributed by atoms with Crippen LogP contribution in [0.15, 0.2) is 42.6 Å². The molecule has 0 fully saturated rings. The number of hydrogen-bond donors (Lipinski definition) is 0. The summed E-state index contributed by atoms with van der Waals surface area (Å²) < 4.78 is 1.94. The summed E-state index contributed by atoms with van der Waals surface area (Å²) in [6.07, 6.45) is 1.73. The maximum atomic E-state index is 6.38. The molecule has 0 saturated carbocycles. The molecule has 0 aliphatic rings. The van der Waals surface area contributed by atoms with Gasteiger partial charge in [-0.3, -0.25) is 0 Å². The molecule has 0 amide bonds. The molecule has 1 aromatic carbocycles. The topological polar surface area (TPSA) is 30.7 Å². The number of benzene rings is 1. The van der Waals surface area contributed by atoms with Crippen LogP contribution < -0.4 is 0 Å². The van der Waals surface area contributed by atoms with Crippen LogP contribution in [0.2, 0.25) is 5.02 Å². The third kappa shape index (κ3) is 2.08. The van der Waals surface area contributed by atoms with E-state index in [1.165, 1.54) is 0 Å². The van der Waals surface area contributed by atoms with Crippen LogP contribution in [0.25, 0.3) is 22.3 Å². The third-order valence-corrected chi connectivity index (χ3v) is 3.52. The van der Waals surface area contributed by atoms with Crippen LogP contribution in [-0.2, 0) is 5.54 Å². The Hall–Kier alpha value is -1.87. The first-order valence-electron chi connectivity index (χ1n) is 6.57. The zero-order valence-electron chi connectivity index (χ0n) is 11.8. The molecule has 0 radical (unpaired) electrons. The van der Waals surface area contributed by atoms with Gasteiger partial charge in [0, 0.05) is 11.8 Å². The number of rotatable bonds is 1. The first-order valence-corrected chi connectivity index (χ1v) is 6.95. The van der Waals surface area contributed by atoms with Crippen LogP contribution in [0.4, 0.5) is 0 Å². The van der Waals surface area contributed by atoms with Crippen molar-refractivity contribution in [2.75, 3.05) is 0 Å². The van der Waals surface area contributed by atoms with Crippen molar-refractivity contribution in [1.29, 1.82) is 0 Å². The van der Waals surface area contributed by atoms with Gasteiger partial charge < -0.3 is 0 Å². The van der Waals surface area contributed by atoms with E-state index < -0.39 is 0 Å². The minimum Gasteiger partial charge on any atom is -0.241 e. The Bertz CT molecular complexity index is 754. The number of hydrogen-bond acceptors (Lipinski definition) is 2. The van der Waals surface area contributed by atoms with E-state index >= 15 is 0 Å². The normalized spacial score (nSPS) is 12.0. The van der Waals surface area contributed by atoms with E-state index in [1.807, 2.05) is 41.1 Å². The number of halogens is 1. The van der Waals surface area contributed by atoms with Gasteiger partial charge in [-0.15, -0.1) is 0 Å². The largest absolute Gasteiger partial charge is 0.241 e. The molecule has 0 atom stereocenters. The lowest BCUT2D eigenvalue weighted by Gasteiger charge is -2.19. The highest BCUT2D eigenvalue weighted by atomic mass is 35.5. The molecule has 102 valence electrons. The second-order valence-electron chi connectivity index (χ2n) is 5.79. The predicted molar refractivity (Wildman–Crippen MR) is 83.0 cm³/mol. The maximum absolute atomic E-state index is 6.38. The quantitative estimate of drug-likeness (QED) is 0.659. The first kappa shape index (κ1) is 13.1. The Balaban J connectivity index is 2.39. The van der Waals surface area contributed by atoms with Gasteiger partial charge in [-0.05, 0) is 26.8 Å². The Morgan fingerprint density at radius 1 is 1.05 bits per heavy atom. The van der Waals surface area contributed by atoms with Crippen molar-refractivity contribution in [1.82, 2.24) is 14.8 Å². The standard InChI is InChI=1S/C16H16ClN3/c1-16(2,3)20-15-13(12(17)9-10-18-15)14(19-20)11-7-5-4-6-8-11/h4-10H,1-3H3. The lowest BCUT2D eigenvalue weighted by molar-refractivity contribution is 0.367. The lowest BCUT2D eigenvalue weighted by atomic mass is 10.1. The second-order valence-corrected chi connectivity index (χ2v) is 6.20. The molecule has 0 N–H and O–H groups in total. The van der Waals surface area contributed by atoms with E-state index in [-0.39, 0.29) is 5.54 Å². The summed E-state index contributed by atoms with van der Waals surface area (Å²) in [5.74, 6) is 0. The van der Waals surface area contributed by atoms with Gasteiger partial charge in [-0.25, -0.2) is 9.67 Å². The van der Waals surface area contributed by atoms with Gasteiger partial charge in [-0.2, -0.15) is 5.10 Å². The van der Waals surface area contributed by atoms with E-state index in [0.29, 0.717) is 5.02 Å². The Kier molecular flexibility index (Phi) is 3.02. The van der Waals surface area contributed by atoms with Gasteiger partial charge in [0.25, 0.3) is 0 Å². The molecule has 0 unspecified atom stereocenters. The van der Waals surface area contributed by atoms with Crippen molar-refractivity contribution in [3.05, 3.63) is 47.6 Å². The van der Waals surface area contributed by atoms with Gasteiger partial charge in [-0.1, -0.05) is 41.9 Å². The summed E-state index contributed by atoms with van der Waals surface area (Å²) >= 11 is 6.38. The van der Waals surface area contributed by atoms with E-state index in [9.17, 15) is 0 Å². The van der Waals surface area contributed by atoms with Crippen LogP contribution in [0, 0.1) is 0 Å². The summed E-state index contributed by atoms with van der Waals surface area (Å²) in [5, 5.41) is 6.36. The number of pyridine rings is 1. The summed E-state index contributed by atoms with van der Waals surface area (Å²) in [7, 11) is 0. The van der Waals surface area contributed by atoms with E-state index in [4.69, 9.17) is 16.7 Å². The molecule has 2 aromatic heterocycles. The first-order chi connectivity index (χ1) is 9.48. The molecule has 3 aromatic rings. The summed E-state index contributed by atoms with van der Waals surface area (Å²) in [4.78, 5) is 4.47. The van der Waals surface area contributed by atoms with E-state index in [2.05, 4.69) is 25.8 Å². The highest BCUT2D eigenvalue weighted by Gasteiger charge is 2.23. The molecule has 0 aliphatic carbocycles. The van der Waals surface area contributed by atoms with Gasteiger partial charge in [0.2, 0.25) is 0 Å². The number of aromatic nitrogens is 3. The average Bonchev–Trinajstić information content (AvgIpc) is 2.81. The van der Waals surface area contributed by atoms with Crippen LogP contribution >= 0.6 is 11.6 Å². The molecule has 2 heterocycles. The van der Waals surface area contributed by atoms with E-state index in [0.717, 1.165) is 22.3 Å². The fourth-order valence-corrected chi connectivity index (χ4v) is 2.50. The SMILES string of the molecule is CC(C)(C)n1nc(-c2ccccc2)c2c(Cl)ccnc21. The fourth-order valence-electron chi connectivity index (χ4n) is 2.27. The molecule has 0 aliphatic heterocycles. The van der Waals surface area contributed by atoms with Crippen LogP contribution in [0.1, 0.15) is 20.8 Å². The van der Waals surface area contributed by atoms with Gasteiger partial charge >= 0.3 is 0 Å². The molecule has 0 saturated heterocycles. The molecule has 20 heavy (non-hydrogen) atoms. The van der Waals surface area contributed by atoms with E-state index in [1.54, 1.807) is 6.20 Å². The van der Waals surface area contributed by atoms with Crippen molar-refractivity contribution in [2.45, 2.75) is 26.3 Å². The summed E-state index contributed by atoms with van der Waals surface area (Å²) in [5.41, 5.74) is 2.61. The van der Waals surface area contributed by atoms with Gasteiger partial charge in [0.1, 0.15) is 5.69 Å². The minimum atomic E-state index is -0.150. The number of nitrogens with zero attached hydrogens (tertiary/aromatic N) is 3. The number of fused-ring (bicyclic) bond motifs is 1. The van der Waals surface area contributed by atoms with Crippen LogP contribution in [0.5, 0.6) is 0 Å². The average molecular weight is 286 g/mol. The Morgan fingerprint density at radius 3 is 2.40 bits per heavy atom. The molecular formula is C16H16ClN3. The second kappa shape index (κ2) is 4.60. The molecule has 3 nitrogen and oxygen atoms in total. The molecular weight excluding hydrogens is 270 g/mol. The molecule has 3 rings (SSSR count). The predicted octanol–water partition coefficient (Wildman–Crippen LogP) is 4.51. The highest BCUT2D eigenvalue weighted by molar-refractivity contribution is 6.36. The zero-order valence-corrected chi connectivity index (χ0v) is 12.5. The minimum absolute atomic E-state index is 0.150.